The first-order chi connectivity index (χ1) is 9.97. The van der Waals surface area contributed by atoms with E-state index in [1.807, 2.05) is 0 Å². The van der Waals surface area contributed by atoms with Gasteiger partial charge in [0.25, 0.3) is 0 Å². The summed E-state index contributed by atoms with van der Waals surface area (Å²) in [5.74, 6) is 2.22. The van der Waals surface area contributed by atoms with E-state index in [-0.39, 0.29) is 16.9 Å². The van der Waals surface area contributed by atoms with Gasteiger partial charge in [0.15, 0.2) is 0 Å². The summed E-state index contributed by atoms with van der Waals surface area (Å²) in [5.41, 5.74) is -0.247. The number of fused-ring (bicyclic) bond motifs is 4. The molecule has 1 spiro atoms. The van der Waals surface area contributed by atoms with E-state index >= 15 is 0 Å². The van der Waals surface area contributed by atoms with Crippen LogP contribution in [0.4, 0.5) is 0 Å². The Morgan fingerprint density at radius 2 is 1.81 bits per heavy atom. The maximum Gasteiger partial charge on any atom is 0.140 e. The third-order valence-corrected chi connectivity index (χ3v) is 7.72. The highest BCUT2D eigenvalue weighted by Crippen LogP contribution is 2.66. The van der Waals surface area contributed by atoms with Crippen molar-refractivity contribution >= 4 is 11.6 Å². The van der Waals surface area contributed by atoms with Crippen LogP contribution in [0.25, 0.3) is 0 Å². The van der Waals surface area contributed by atoms with Crippen LogP contribution in [0.3, 0.4) is 0 Å². The van der Waals surface area contributed by atoms with Crippen molar-refractivity contribution in [3.63, 3.8) is 0 Å². The molecule has 0 aromatic heterocycles. The van der Waals surface area contributed by atoms with E-state index in [0.29, 0.717) is 48.6 Å². The number of aliphatic hydroxyl groups is 1. The fourth-order valence-corrected chi connectivity index (χ4v) is 6.56. The zero-order valence-electron chi connectivity index (χ0n) is 12.9. The van der Waals surface area contributed by atoms with Crippen LogP contribution in [0.5, 0.6) is 0 Å². The molecule has 0 aromatic rings. The number of carbonyl (C=O) groups is 2. The summed E-state index contributed by atoms with van der Waals surface area (Å²) in [6.07, 6.45) is 7.41. The summed E-state index contributed by atoms with van der Waals surface area (Å²) in [4.78, 5) is 24.6. The van der Waals surface area contributed by atoms with E-state index in [1.54, 1.807) is 0 Å². The normalized spacial score (nSPS) is 53.0. The van der Waals surface area contributed by atoms with Gasteiger partial charge in [0.2, 0.25) is 0 Å². The van der Waals surface area contributed by atoms with Crippen LogP contribution in [-0.2, 0) is 9.59 Å². The van der Waals surface area contributed by atoms with Crippen molar-refractivity contribution in [3.05, 3.63) is 0 Å². The fraction of sp³-hybridized carbons (Fsp3) is 0.889. The van der Waals surface area contributed by atoms with Crippen LogP contribution in [0.15, 0.2) is 0 Å². The molecule has 3 heteroatoms. The summed E-state index contributed by atoms with van der Waals surface area (Å²) >= 11 is 0. The summed E-state index contributed by atoms with van der Waals surface area (Å²) < 4.78 is 0. The number of hydrogen-bond donors (Lipinski definition) is 1. The minimum absolute atomic E-state index is 0.0639. The lowest BCUT2D eigenvalue weighted by atomic mass is 9.55. The molecule has 4 rings (SSSR count). The van der Waals surface area contributed by atoms with E-state index < -0.39 is 0 Å². The smallest absolute Gasteiger partial charge is 0.140 e. The highest BCUT2D eigenvalue weighted by Gasteiger charge is 2.62. The van der Waals surface area contributed by atoms with Crippen molar-refractivity contribution in [1.29, 1.82) is 0 Å². The molecule has 0 saturated heterocycles. The van der Waals surface area contributed by atoms with Crippen LogP contribution >= 0.6 is 0 Å². The molecule has 3 nitrogen and oxygen atoms in total. The molecule has 0 bridgehead atoms. The molecular formula is C18H26O3. The van der Waals surface area contributed by atoms with Crippen LogP contribution < -0.4 is 0 Å². The van der Waals surface area contributed by atoms with Gasteiger partial charge in [-0.15, -0.1) is 0 Å². The van der Waals surface area contributed by atoms with Crippen LogP contribution in [-0.4, -0.2) is 22.8 Å². The molecule has 0 aliphatic heterocycles. The van der Waals surface area contributed by atoms with Crippen molar-refractivity contribution in [3.8, 4) is 0 Å². The van der Waals surface area contributed by atoms with Gasteiger partial charge >= 0.3 is 0 Å². The van der Waals surface area contributed by atoms with Crippen molar-refractivity contribution in [2.24, 2.45) is 28.6 Å². The quantitative estimate of drug-likeness (QED) is 0.746. The largest absolute Gasteiger partial charge is 0.393 e. The standard InChI is InChI=1S/C18H26O3/c1-17-8-7-14-12(13(17)3-5-15(17)20)6-9-18(14)10-11(19)2-4-16(18)21/h12-15,20H,2-10H2,1H3/t12-,13-,14-,15-,17-,18-/m0/s1. The maximum absolute atomic E-state index is 12.7. The van der Waals surface area contributed by atoms with Crippen molar-refractivity contribution in [2.75, 3.05) is 0 Å². The molecular weight excluding hydrogens is 264 g/mol. The lowest BCUT2D eigenvalue weighted by Crippen LogP contribution is -2.48. The Bertz CT molecular complexity index is 499. The van der Waals surface area contributed by atoms with Gasteiger partial charge in [-0.05, 0) is 61.7 Å². The number of rotatable bonds is 0. The van der Waals surface area contributed by atoms with Crippen molar-refractivity contribution < 1.29 is 14.7 Å². The molecule has 4 aliphatic carbocycles. The second kappa shape index (κ2) is 4.41. The van der Waals surface area contributed by atoms with E-state index in [2.05, 4.69) is 6.92 Å². The molecule has 1 N–H and O–H groups in total. The van der Waals surface area contributed by atoms with Crippen LogP contribution in [0.2, 0.25) is 0 Å². The van der Waals surface area contributed by atoms with Gasteiger partial charge < -0.3 is 5.11 Å². The third kappa shape index (κ3) is 1.70. The first-order valence-electron chi connectivity index (χ1n) is 8.70. The Balaban J connectivity index is 1.67. The van der Waals surface area contributed by atoms with Gasteiger partial charge in [0, 0.05) is 24.7 Å². The second-order valence-electron chi connectivity index (χ2n) is 8.35. The predicted molar refractivity (Wildman–Crippen MR) is 78.6 cm³/mol. The first kappa shape index (κ1) is 13.9. The Hall–Kier alpha value is -0.700. The molecule has 21 heavy (non-hydrogen) atoms. The summed E-state index contributed by atoms with van der Waals surface area (Å²) in [5, 5.41) is 10.4. The van der Waals surface area contributed by atoms with E-state index in [9.17, 15) is 14.7 Å². The molecule has 4 fully saturated rings. The highest BCUT2D eigenvalue weighted by molar-refractivity contribution is 5.97. The van der Waals surface area contributed by atoms with E-state index in [0.717, 1.165) is 38.5 Å². The monoisotopic (exact) mass is 290 g/mol. The Kier molecular flexibility index (Phi) is 2.92. The molecule has 116 valence electrons. The topological polar surface area (TPSA) is 54.4 Å². The molecule has 0 radical (unpaired) electrons. The Labute approximate surface area is 126 Å². The third-order valence-electron chi connectivity index (χ3n) is 7.72. The highest BCUT2D eigenvalue weighted by atomic mass is 16.3. The lowest BCUT2D eigenvalue weighted by molar-refractivity contribution is -0.144. The average Bonchev–Trinajstić information content (AvgIpc) is 2.95. The van der Waals surface area contributed by atoms with Crippen molar-refractivity contribution in [1.82, 2.24) is 0 Å². The fourth-order valence-electron chi connectivity index (χ4n) is 6.56. The summed E-state index contributed by atoms with van der Waals surface area (Å²) in [6, 6.07) is 0. The van der Waals surface area contributed by atoms with E-state index in [4.69, 9.17) is 0 Å². The maximum atomic E-state index is 12.7. The van der Waals surface area contributed by atoms with Gasteiger partial charge in [-0.2, -0.15) is 0 Å². The Morgan fingerprint density at radius 3 is 2.62 bits per heavy atom. The number of hydrogen-bond acceptors (Lipinski definition) is 3. The molecule has 4 aliphatic rings. The van der Waals surface area contributed by atoms with Crippen molar-refractivity contribution in [2.45, 2.75) is 70.8 Å². The van der Waals surface area contributed by atoms with E-state index in [1.165, 1.54) is 0 Å². The number of carbonyl (C=O) groups excluding carboxylic acids is 2. The lowest BCUT2D eigenvalue weighted by Gasteiger charge is -2.49. The minimum Gasteiger partial charge on any atom is -0.393 e. The molecule has 6 atom stereocenters. The molecule has 0 amide bonds. The van der Waals surface area contributed by atoms with Gasteiger partial charge in [0.05, 0.1) is 6.10 Å². The molecule has 0 unspecified atom stereocenters. The van der Waals surface area contributed by atoms with Gasteiger partial charge in [-0.25, -0.2) is 0 Å². The zero-order valence-corrected chi connectivity index (χ0v) is 12.9. The minimum atomic E-state index is -0.311. The first-order valence-corrected chi connectivity index (χ1v) is 8.70. The average molecular weight is 290 g/mol. The second-order valence-corrected chi connectivity index (χ2v) is 8.35. The van der Waals surface area contributed by atoms with Gasteiger partial charge in [0.1, 0.15) is 11.6 Å². The number of ketones is 2. The molecule has 4 saturated carbocycles. The number of aliphatic hydroxyl groups excluding tert-OH is 1. The summed E-state index contributed by atoms with van der Waals surface area (Å²) in [7, 11) is 0. The molecule has 0 aromatic carbocycles. The summed E-state index contributed by atoms with van der Waals surface area (Å²) in [6.45, 7) is 2.25. The number of Topliss-reactive ketones (excluding diaryl/α,β-unsaturated/α-hetero) is 2. The van der Waals surface area contributed by atoms with Crippen LogP contribution in [0, 0.1) is 28.6 Å². The molecule has 0 heterocycles. The van der Waals surface area contributed by atoms with Gasteiger partial charge in [-0.3, -0.25) is 9.59 Å². The van der Waals surface area contributed by atoms with Gasteiger partial charge in [-0.1, -0.05) is 6.92 Å². The zero-order chi connectivity index (χ0) is 14.8. The SMILES string of the molecule is C[C@]12CC[C@H]3[C@@H](CC[C@]34CC(=O)CCC4=O)[C@@H]1CC[C@@H]2O. The predicted octanol–water partition coefficient (Wildman–Crippen LogP) is 2.89. The van der Waals surface area contributed by atoms with Crippen LogP contribution in [0.1, 0.15) is 64.7 Å². The Morgan fingerprint density at radius 1 is 1.00 bits per heavy atom.